The maximum absolute atomic E-state index is 12.7. The number of nitrogens with one attached hydrogen (secondary N) is 1. The highest BCUT2D eigenvalue weighted by molar-refractivity contribution is 7.90. The molecule has 6 heteroatoms. The molecule has 0 heterocycles. The fourth-order valence-corrected chi connectivity index (χ4v) is 3.35. The van der Waals surface area contributed by atoms with Crippen molar-refractivity contribution in [2.45, 2.75) is 51.2 Å². The summed E-state index contributed by atoms with van der Waals surface area (Å²) in [6.07, 6.45) is 1.12. The standard InChI is InChI=1S/C21H27NO4S/c1-6-19(26-20-9-7-8-14(2)15(20)3)21(23)22-16(4)17-10-12-18(13-11-17)27(5,24)25/h7-13,16,19H,6H2,1-5H3,(H,22,23)/t16-,19-/m1/s1. The van der Waals surface area contributed by atoms with Crippen LogP contribution in [-0.2, 0) is 14.6 Å². The van der Waals surface area contributed by atoms with Crippen molar-refractivity contribution in [3.05, 3.63) is 59.2 Å². The van der Waals surface area contributed by atoms with Gasteiger partial charge in [-0.3, -0.25) is 4.79 Å². The molecule has 0 radical (unpaired) electrons. The van der Waals surface area contributed by atoms with Gasteiger partial charge in [-0.15, -0.1) is 0 Å². The number of carbonyl (C=O) groups is 1. The number of ether oxygens (including phenoxy) is 1. The van der Waals surface area contributed by atoms with Crippen molar-refractivity contribution in [1.82, 2.24) is 5.32 Å². The van der Waals surface area contributed by atoms with Gasteiger partial charge in [-0.1, -0.05) is 31.2 Å². The number of amides is 1. The molecule has 146 valence electrons. The molecule has 0 fully saturated rings. The largest absolute Gasteiger partial charge is 0.480 e. The zero-order valence-corrected chi connectivity index (χ0v) is 17.3. The summed E-state index contributed by atoms with van der Waals surface area (Å²) in [7, 11) is -3.24. The SMILES string of the molecule is CC[C@@H](Oc1cccc(C)c1C)C(=O)N[C@H](C)c1ccc(S(C)(=O)=O)cc1. The van der Waals surface area contributed by atoms with Crippen LogP contribution >= 0.6 is 0 Å². The minimum Gasteiger partial charge on any atom is -0.480 e. The van der Waals surface area contributed by atoms with Crippen LogP contribution in [0, 0.1) is 13.8 Å². The smallest absolute Gasteiger partial charge is 0.261 e. The van der Waals surface area contributed by atoms with Gasteiger partial charge in [0.25, 0.3) is 5.91 Å². The number of carbonyl (C=O) groups excluding carboxylic acids is 1. The maximum atomic E-state index is 12.7. The van der Waals surface area contributed by atoms with Crippen molar-refractivity contribution in [3.63, 3.8) is 0 Å². The predicted octanol–water partition coefficient (Wildman–Crippen LogP) is 3.74. The van der Waals surface area contributed by atoms with Crippen LogP contribution in [0.25, 0.3) is 0 Å². The van der Waals surface area contributed by atoms with Crippen LogP contribution in [0.3, 0.4) is 0 Å². The lowest BCUT2D eigenvalue weighted by Crippen LogP contribution is -2.39. The summed E-state index contributed by atoms with van der Waals surface area (Å²) in [4.78, 5) is 12.9. The molecule has 5 nitrogen and oxygen atoms in total. The summed E-state index contributed by atoms with van der Waals surface area (Å²) >= 11 is 0. The van der Waals surface area contributed by atoms with E-state index in [9.17, 15) is 13.2 Å². The minimum absolute atomic E-state index is 0.196. The number of sulfone groups is 1. The summed E-state index contributed by atoms with van der Waals surface area (Å²) < 4.78 is 29.1. The molecule has 27 heavy (non-hydrogen) atoms. The van der Waals surface area contributed by atoms with Gasteiger partial charge in [0.15, 0.2) is 15.9 Å². The first-order valence-electron chi connectivity index (χ1n) is 8.96. The molecule has 0 aliphatic rings. The van der Waals surface area contributed by atoms with Gasteiger partial charge in [0, 0.05) is 6.26 Å². The molecule has 0 aliphatic carbocycles. The summed E-state index contributed by atoms with van der Waals surface area (Å²) in [6.45, 7) is 7.74. The lowest BCUT2D eigenvalue weighted by atomic mass is 10.1. The summed E-state index contributed by atoms with van der Waals surface area (Å²) in [6, 6.07) is 12.1. The lowest BCUT2D eigenvalue weighted by Gasteiger charge is -2.22. The Balaban J connectivity index is 2.08. The van der Waals surface area contributed by atoms with Gasteiger partial charge in [0.05, 0.1) is 10.9 Å². The Labute approximate surface area is 161 Å². The molecule has 1 N–H and O–H groups in total. The van der Waals surface area contributed by atoms with Crippen LogP contribution in [0.5, 0.6) is 5.75 Å². The molecular formula is C21H27NO4S. The number of aryl methyl sites for hydroxylation is 1. The lowest BCUT2D eigenvalue weighted by molar-refractivity contribution is -0.128. The molecule has 1 amide bonds. The second-order valence-corrected chi connectivity index (χ2v) is 8.80. The molecule has 0 saturated carbocycles. The van der Waals surface area contributed by atoms with E-state index in [4.69, 9.17) is 4.74 Å². The fourth-order valence-electron chi connectivity index (χ4n) is 2.72. The first-order chi connectivity index (χ1) is 12.6. The van der Waals surface area contributed by atoms with E-state index in [2.05, 4.69) is 5.32 Å². The average Bonchev–Trinajstić information content (AvgIpc) is 2.62. The third kappa shape index (κ3) is 5.32. The van der Waals surface area contributed by atoms with Gasteiger partial charge in [-0.2, -0.15) is 0 Å². The molecule has 0 aliphatic heterocycles. The highest BCUT2D eigenvalue weighted by Crippen LogP contribution is 2.23. The average molecular weight is 390 g/mol. The van der Waals surface area contributed by atoms with Crippen molar-refractivity contribution in [2.75, 3.05) is 6.26 Å². The second kappa shape index (κ2) is 8.57. The van der Waals surface area contributed by atoms with E-state index in [1.54, 1.807) is 24.3 Å². The van der Waals surface area contributed by atoms with Gasteiger partial charge >= 0.3 is 0 Å². The first kappa shape index (κ1) is 21.0. The molecule has 0 saturated heterocycles. The van der Waals surface area contributed by atoms with Crippen molar-refractivity contribution in [3.8, 4) is 5.75 Å². The van der Waals surface area contributed by atoms with Crippen LogP contribution in [-0.4, -0.2) is 26.7 Å². The maximum Gasteiger partial charge on any atom is 0.261 e. The van der Waals surface area contributed by atoms with Gasteiger partial charge < -0.3 is 10.1 Å². The normalized spacial score (nSPS) is 13.7. The Bertz CT molecular complexity index is 904. The van der Waals surface area contributed by atoms with E-state index in [1.165, 1.54) is 6.26 Å². The van der Waals surface area contributed by atoms with Crippen LogP contribution in [0.2, 0.25) is 0 Å². The third-order valence-electron chi connectivity index (χ3n) is 4.65. The molecular weight excluding hydrogens is 362 g/mol. The zero-order valence-electron chi connectivity index (χ0n) is 16.4. The number of hydrogen-bond acceptors (Lipinski definition) is 4. The van der Waals surface area contributed by atoms with Crippen LogP contribution in [0.1, 0.15) is 43.0 Å². The highest BCUT2D eigenvalue weighted by Gasteiger charge is 2.21. The van der Waals surface area contributed by atoms with E-state index in [0.717, 1.165) is 16.7 Å². The van der Waals surface area contributed by atoms with E-state index in [-0.39, 0.29) is 16.8 Å². The Morgan fingerprint density at radius 1 is 1.11 bits per heavy atom. The van der Waals surface area contributed by atoms with Gasteiger partial charge in [0.1, 0.15) is 5.75 Å². The first-order valence-corrected chi connectivity index (χ1v) is 10.9. The Hall–Kier alpha value is -2.34. The van der Waals surface area contributed by atoms with E-state index < -0.39 is 15.9 Å². The molecule has 0 unspecified atom stereocenters. The van der Waals surface area contributed by atoms with Gasteiger partial charge in [-0.25, -0.2) is 8.42 Å². The molecule has 0 spiro atoms. The summed E-state index contributed by atoms with van der Waals surface area (Å²) in [5.74, 6) is 0.514. The van der Waals surface area contributed by atoms with Crippen molar-refractivity contribution < 1.29 is 17.9 Å². The monoisotopic (exact) mass is 389 g/mol. The van der Waals surface area contributed by atoms with Crippen LogP contribution in [0.4, 0.5) is 0 Å². The van der Waals surface area contributed by atoms with Crippen LogP contribution in [0.15, 0.2) is 47.4 Å². The van der Waals surface area contributed by atoms with Crippen molar-refractivity contribution in [2.24, 2.45) is 0 Å². The number of benzene rings is 2. The van der Waals surface area contributed by atoms with Crippen LogP contribution < -0.4 is 10.1 Å². The molecule has 0 aromatic heterocycles. The second-order valence-electron chi connectivity index (χ2n) is 6.78. The molecule has 0 bridgehead atoms. The molecule has 2 aromatic carbocycles. The van der Waals surface area contributed by atoms with Gasteiger partial charge in [-0.05, 0) is 62.1 Å². The van der Waals surface area contributed by atoms with E-state index in [0.29, 0.717) is 12.2 Å². The Morgan fingerprint density at radius 2 is 1.74 bits per heavy atom. The third-order valence-corrected chi connectivity index (χ3v) is 5.78. The zero-order chi connectivity index (χ0) is 20.2. The minimum atomic E-state index is -3.24. The van der Waals surface area contributed by atoms with Crippen molar-refractivity contribution >= 4 is 15.7 Å². The van der Waals surface area contributed by atoms with Gasteiger partial charge in [0.2, 0.25) is 0 Å². The quantitative estimate of drug-likeness (QED) is 0.783. The Morgan fingerprint density at radius 3 is 2.30 bits per heavy atom. The molecule has 2 atom stereocenters. The van der Waals surface area contributed by atoms with Crippen molar-refractivity contribution in [1.29, 1.82) is 0 Å². The molecule has 2 aromatic rings. The summed E-state index contributed by atoms with van der Waals surface area (Å²) in [5, 5.41) is 2.95. The topological polar surface area (TPSA) is 72.5 Å². The Kier molecular flexibility index (Phi) is 6.65. The number of hydrogen-bond donors (Lipinski definition) is 1. The fraction of sp³-hybridized carbons (Fsp3) is 0.381. The predicted molar refractivity (Wildman–Crippen MR) is 107 cm³/mol. The number of rotatable bonds is 7. The van der Waals surface area contributed by atoms with E-state index >= 15 is 0 Å². The van der Waals surface area contributed by atoms with E-state index in [1.807, 2.05) is 45.9 Å². The highest BCUT2D eigenvalue weighted by atomic mass is 32.2. The molecule has 2 rings (SSSR count). The summed E-state index contributed by atoms with van der Waals surface area (Å²) in [5.41, 5.74) is 2.97.